The predicted octanol–water partition coefficient (Wildman–Crippen LogP) is 3.82. The molecule has 3 aromatic heterocycles. The Kier molecular flexibility index (Phi) is 3.29. The van der Waals surface area contributed by atoms with Crippen molar-refractivity contribution in [2.45, 2.75) is 0 Å². The molecule has 6 heteroatoms. The number of anilines is 1. The van der Waals surface area contributed by atoms with Crippen LogP contribution in [0.2, 0.25) is 0 Å². The van der Waals surface area contributed by atoms with Crippen molar-refractivity contribution < 1.29 is 0 Å². The monoisotopic (exact) mass is 331 g/mol. The smallest absolute Gasteiger partial charge is 0.181 e. The Morgan fingerprint density at radius 2 is 2.12 bits per heavy atom. The highest BCUT2D eigenvalue weighted by Crippen LogP contribution is 2.40. The van der Waals surface area contributed by atoms with Crippen LogP contribution in [0.15, 0.2) is 48.8 Å². The van der Waals surface area contributed by atoms with Crippen LogP contribution in [-0.4, -0.2) is 14.5 Å². The standard InChI is InChI=1S/C18H13N5S/c1-23-8-6-14-13(5-7-21-17(14)23)16-15(22-18(20)24-16)12-4-2-3-11(9-12)10-19/h2-9H,1H3,(H2,20,22). The quantitative estimate of drug-likeness (QED) is 0.605. The summed E-state index contributed by atoms with van der Waals surface area (Å²) in [4.78, 5) is 9.93. The van der Waals surface area contributed by atoms with E-state index in [2.05, 4.69) is 16.0 Å². The molecule has 116 valence electrons. The van der Waals surface area contributed by atoms with Crippen molar-refractivity contribution >= 4 is 27.5 Å². The van der Waals surface area contributed by atoms with Gasteiger partial charge in [-0.1, -0.05) is 23.5 Å². The molecule has 24 heavy (non-hydrogen) atoms. The van der Waals surface area contributed by atoms with Crippen molar-refractivity contribution in [3.63, 3.8) is 0 Å². The maximum Gasteiger partial charge on any atom is 0.181 e. The van der Waals surface area contributed by atoms with Crippen molar-refractivity contribution in [1.82, 2.24) is 14.5 Å². The van der Waals surface area contributed by atoms with Crippen LogP contribution >= 0.6 is 11.3 Å². The molecular formula is C18H13N5S. The minimum atomic E-state index is 0.503. The fourth-order valence-corrected chi connectivity index (χ4v) is 3.71. The highest BCUT2D eigenvalue weighted by atomic mass is 32.1. The van der Waals surface area contributed by atoms with E-state index in [0.29, 0.717) is 10.7 Å². The van der Waals surface area contributed by atoms with Crippen LogP contribution in [0.25, 0.3) is 32.7 Å². The Hall–Kier alpha value is -3.17. The Bertz CT molecular complexity index is 1100. The second-order valence-electron chi connectivity index (χ2n) is 5.44. The minimum Gasteiger partial charge on any atom is -0.375 e. The van der Waals surface area contributed by atoms with Gasteiger partial charge in [-0.3, -0.25) is 0 Å². The summed E-state index contributed by atoms with van der Waals surface area (Å²) in [7, 11) is 1.97. The van der Waals surface area contributed by atoms with E-state index in [1.165, 1.54) is 11.3 Å². The maximum absolute atomic E-state index is 9.14. The van der Waals surface area contributed by atoms with Crippen LogP contribution in [0.4, 0.5) is 5.13 Å². The van der Waals surface area contributed by atoms with Crippen molar-refractivity contribution in [2.24, 2.45) is 7.05 Å². The summed E-state index contributed by atoms with van der Waals surface area (Å²) in [6.07, 6.45) is 3.78. The molecule has 0 aliphatic rings. The molecule has 0 saturated carbocycles. The molecule has 0 aliphatic carbocycles. The minimum absolute atomic E-state index is 0.503. The van der Waals surface area contributed by atoms with E-state index in [0.717, 1.165) is 32.7 Å². The molecule has 4 aromatic rings. The normalized spacial score (nSPS) is 10.8. The van der Waals surface area contributed by atoms with Gasteiger partial charge in [0.1, 0.15) is 5.65 Å². The van der Waals surface area contributed by atoms with Crippen LogP contribution in [0, 0.1) is 11.3 Å². The number of nitrogens with zero attached hydrogens (tertiary/aromatic N) is 4. The van der Waals surface area contributed by atoms with E-state index in [9.17, 15) is 0 Å². The van der Waals surface area contributed by atoms with Gasteiger partial charge in [-0.25, -0.2) is 9.97 Å². The van der Waals surface area contributed by atoms with E-state index < -0.39 is 0 Å². The van der Waals surface area contributed by atoms with Crippen LogP contribution in [-0.2, 0) is 7.05 Å². The highest BCUT2D eigenvalue weighted by Gasteiger charge is 2.17. The Morgan fingerprint density at radius 1 is 1.25 bits per heavy atom. The molecule has 0 radical (unpaired) electrons. The fourth-order valence-electron chi connectivity index (χ4n) is 2.81. The summed E-state index contributed by atoms with van der Waals surface area (Å²) >= 11 is 1.45. The van der Waals surface area contributed by atoms with Gasteiger partial charge in [0.25, 0.3) is 0 Å². The van der Waals surface area contributed by atoms with Crippen LogP contribution in [0.5, 0.6) is 0 Å². The van der Waals surface area contributed by atoms with Gasteiger partial charge in [-0.15, -0.1) is 0 Å². The molecule has 0 atom stereocenters. The van der Waals surface area contributed by atoms with Gasteiger partial charge in [0, 0.05) is 36.0 Å². The van der Waals surface area contributed by atoms with Gasteiger partial charge in [-0.05, 0) is 24.3 Å². The van der Waals surface area contributed by atoms with Gasteiger partial charge in [-0.2, -0.15) is 5.26 Å². The number of hydrogen-bond acceptors (Lipinski definition) is 5. The van der Waals surface area contributed by atoms with Gasteiger partial charge in [0.15, 0.2) is 5.13 Å². The first-order chi connectivity index (χ1) is 11.7. The predicted molar refractivity (Wildman–Crippen MR) is 96.4 cm³/mol. The number of benzene rings is 1. The number of nitrogens with two attached hydrogens (primary N) is 1. The number of fused-ring (bicyclic) bond motifs is 1. The third-order valence-electron chi connectivity index (χ3n) is 3.92. The second kappa shape index (κ2) is 5.48. The first kappa shape index (κ1) is 14.4. The molecule has 5 nitrogen and oxygen atoms in total. The molecule has 4 rings (SSSR count). The molecule has 3 heterocycles. The summed E-state index contributed by atoms with van der Waals surface area (Å²) in [6.45, 7) is 0. The summed E-state index contributed by atoms with van der Waals surface area (Å²) < 4.78 is 1.99. The number of rotatable bonds is 2. The Labute approximate surface area is 142 Å². The molecule has 0 saturated heterocycles. The lowest BCUT2D eigenvalue weighted by Crippen LogP contribution is -1.89. The number of thiazole rings is 1. The molecule has 0 unspecified atom stereocenters. The molecule has 1 aromatic carbocycles. The fraction of sp³-hybridized carbons (Fsp3) is 0.0556. The molecule has 0 bridgehead atoms. The number of nitriles is 1. The van der Waals surface area contributed by atoms with Gasteiger partial charge < -0.3 is 10.3 Å². The van der Waals surface area contributed by atoms with E-state index in [1.807, 2.05) is 48.1 Å². The topological polar surface area (TPSA) is 80.5 Å². The summed E-state index contributed by atoms with van der Waals surface area (Å²) in [5.74, 6) is 0. The van der Waals surface area contributed by atoms with Crippen molar-refractivity contribution in [3.8, 4) is 27.8 Å². The lowest BCUT2D eigenvalue weighted by molar-refractivity contribution is 0.949. The first-order valence-electron chi connectivity index (χ1n) is 7.34. The zero-order chi connectivity index (χ0) is 16.7. The van der Waals surface area contributed by atoms with Crippen molar-refractivity contribution in [1.29, 1.82) is 5.26 Å². The highest BCUT2D eigenvalue weighted by molar-refractivity contribution is 7.19. The number of hydrogen-bond donors (Lipinski definition) is 1. The van der Waals surface area contributed by atoms with E-state index >= 15 is 0 Å². The summed E-state index contributed by atoms with van der Waals surface area (Å²) in [5, 5.41) is 10.7. The van der Waals surface area contributed by atoms with Crippen molar-refractivity contribution in [2.75, 3.05) is 5.73 Å². The largest absolute Gasteiger partial charge is 0.375 e. The molecule has 2 N–H and O–H groups in total. The molecule has 0 fully saturated rings. The number of aromatic nitrogens is 3. The van der Waals surface area contributed by atoms with Crippen LogP contribution in [0.1, 0.15) is 5.56 Å². The third-order valence-corrected chi connectivity index (χ3v) is 4.84. The van der Waals surface area contributed by atoms with Gasteiger partial charge in [0.2, 0.25) is 0 Å². The Balaban J connectivity index is 1.98. The van der Waals surface area contributed by atoms with Crippen LogP contribution < -0.4 is 5.73 Å². The summed E-state index contributed by atoms with van der Waals surface area (Å²) in [6, 6.07) is 13.6. The number of pyridine rings is 1. The summed E-state index contributed by atoms with van der Waals surface area (Å²) in [5.41, 5.74) is 10.2. The molecular weight excluding hydrogens is 318 g/mol. The molecule has 0 aliphatic heterocycles. The zero-order valence-corrected chi connectivity index (χ0v) is 13.7. The lowest BCUT2D eigenvalue weighted by Gasteiger charge is -2.05. The third kappa shape index (κ3) is 2.23. The van der Waals surface area contributed by atoms with E-state index in [-0.39, 0.29) is 0 Å². The lowest BCUT2D eigenvalue weighted by atomic mass is 10.0. The average molecular weight is 331 g/mol. The number of nitrogen functional groups attached to an aromatic ring is 1. The van der Waals surface area contributed by atoms with E-state index in [1.54, 1.807) is 12.3 Å². The number of aryl methyl sites for hydroxylation is 1. The SMILES string of the molecule is Cn1ccc2c(-c3sc(N)nc3-c3cccc(C#N)c3)ccnc21. The zero-order valence-electron chi connectivity index (χ0n) is 12.9. The van der Waals surface area contributed by atoms with Gasteiger partial charge in [0.05, 0.1) is 22.2 Å². The van der Waals surface area contributed by atoms with Crippen LogP contribution in [0.3, 0.4) is 0 Å². The molecule has 0 spiro atoms. The Morgan fingerprint density at radius 3 is 2.96 bits per heavy atom. The van der Waals surface area contributed by atoms with E-state index in [4.69, 9.17) is 11.0 Å². The first-order valence-corrected chi connectivity index (χ1v) is 8.16. The average Bonchev–Trinajstić information content (AvgIpc) is 3.18. The maximum atomic E-state index is 9.14. The van der Waals surface area contributed by atoms with Gasteiger partial charge >= 0.3 is 0 Å². The second-order valence-corrected chi connectivity index (χ2v) is 6.48. The molecule has 0 amide bonds. The van der Waals surface area contributed by atoms with Crippen molar-refractivity contribution in [3.05, 3.63) is 54.4 Å².